The van der Waals surface area contributed by atoms with E-state index in [2.05, 4.69) is 34.2 Å². The Hall–Kier alpha value is -1.75. The molecule has 0 aromatic heterocycles. The second kappa shape index (κ2) is 8.30. The van der Waals surface area contributed by atoms with Gasteiger partial charge in [0.1, 0.15) is 0 Å². The fourth-order valence-corrected chi connectivity index (χ4v) is 3.44. The van der Waals surface area contributed by atoms with Crippen LogP contribution in [0.3, 0.4) is 0 Å². The van der Waals surface area contributed by atoms with Gasteiger partial charge in [0.25, 0.3) is 5.91 Å². The Morgan fingerprint density at radius 2 is 1.77 bits per heavy atom. The van der Waals surface area contributed by atoms with Gasteiger partial charge in [-0.15, -0.1) is 0 Å². The summed E-state index contributed by atoms with van der Waals surface area (Å²) in [6.07, 6.45) is 0. The number of halogens is 2. The van der Waals surface area contributed by atoms with Gasteiger partial charge in [-0.1, -0.05) is 30.1 Å². The molecule has 1 fully saturated rings. The molecule has 6 heteroatoms. The zero-order valence-electron chi connectivity index (χ0n) is 15.1. The Morgan fingerprint density at radius 3 is 2.38 bits per heavy atom. The summed E-state index contributed by atoms with van der Waals surface area (Å²) in [6.45, 7) is 9.55. The minimum absolute atomic E-state index is 0.198. The van der Waals surface area contributed by atoms with E-state index in [1.54, 1.807) is 18.2 Å². The molecule has 0 atom stereocenters. The third-order valence-corrected chi connectivity index (χ3v) is 5.56. The molecule has 1 heterocycles. The molecule has 0 spiro atoms. The van der Waals surface area contributed by atoms with Gasteiger partial charge in [-0.2, -0.15) is 0 Å². The molecule has 26 heavy (non-hydrogen) atoms. The smallest absolute Gasteiger partial charge is 0.255 e. The first kappa shape index (κ1) is 19.0. The molecule has 0 unspecified atom stereocenters. The average molecular weight is 392 g/mol. The molecular weight excluding hydrogens is 369 g/mol. The Kier molecular flexibility index (Phi) is 6.07. The van der Waals surface area contributed by atoms with Crippen LogP contribution in [0.2, 0.25) is 10.0 Å². The number of piperazine rings is 1. The van der Waals surface area contributed by atoms with Crippen molar-refractivity contribution in [2.75, 3.05) is 42.9 Å². The van der Waals surface area contributed by atoms with Crippen molar-refractivity contribution in [3.05, 3.63) is 57.6 Å². The molecule has 138 valence electrons. The topological polar surface area (TPSA) is 35.6 Å². The van der Waals surface area contributed by atoms with Gasteiger partial charge in [0.05, 0.1) is 10.0 Å². The third-order valence-electron chi connectivity index (χ3n) is 4.82. The van der Waals surface area contributed by atoms with E-state index in [-0.39, 0.29) is 5.91 Å². The normalized spacial score (nSPS) is 15.2. The van der Waals surface area contributed by atoms with Gasteiger partial charge in [-0.25, -0.2) is 0 Å². The quantitative estimate of drug-likeness (QED) is 0.820. The standard InChI is InChI=1S/C20H23Cl2N3O/c1-3-24-8-10-25(11-9-24)16-5-7-19(14(2)12-16)23-20(26)15-4-6-17(21)18(22)13-15/h4-7,12-13H,3,8-11H2,1-2H3,(H,23,26). The molecular formula is C20H23Cl2N3O. The molecule has 1 N–H and O–H groups in total. The van der Waals surface area contributed by atoms with Crippen LogP contribution >= 0.6 is 23.2 Å². The number of amides is 1. The molecule has 0 radical (unpaired) electrons. The lowest BCUT2D eigenvalue weighted by Crippen LogP contribution is -2.46. The summed E-state index contributed by atoms with van der Waals surface area (Å²) >= 11 is 11.9. The molecule has 1 amide bonds. The van der Waals surface area contributed by atoms with Gasteiger partial charge < -0.3 is 15.1 Å². The van der Waals surface area contributed by atoms with E-state index in [9.17, 15) is 4.79 Å². The molecule has 0 bridgehead atoms. The lowest BCUT2D eigenvalue weighted by molar-refractivity contribution is 0.102. The van der Waals surface area contributed by atoms with Crippen LogP contribution in [-0.4, -0.2) is 43.5 Å². The Labute approximate surface area is 164 Å². The fraction of sp³-hybridized carbons (Fsp3) is 0.350. The molecule has 1 saturated heterocycles. The molecule has 0 saturated carbocycles. The minimum Gasteiger partial charge on any atom is -0.369 e. The van der Waals surface area contributed by atoms with Gasteiger partial charge in [-0.05, 0) is 55.4 Å². The predicted molar refractivity (Wildman–Crippen MR) is 110 cm³/mol. The van der Waals surface area contributed by atoms with Gasteiger partial charge in [0.2, 0.25) is 0 Å². The number of nitrogens with one attached hydrogen (secondary N) is 1. The van der Waals surface area contributed by atoms with Crippen LogP contribution in [0.5, 0.6) is 0 Å². The summed E-state index contributed by atoms with van der Waals surface area (Å²) in [4.78, 5) is 17.3. The van der Waals surface area contributed by atoms with Crippen LogP contribution in [0.4, 0.5) is 11.4 Å². The second-order valence-electron chi connectivity index (χ2n) is 6.50. The summed E-state index contributed by atoms with van der Waals surface area (Å²) in [6, 6.07) is 11.0. The summed E-state index contributed by atoms with van der Waals surface area (Å²) in [5.41, 5.74) is 3.52. The Morgan fingerprint density at radius 1 is 1.04 bits per heavy atom. The second-order valence-corrected chi connectivity index (χ2v) is 7.32. The van der Waals surface area contributed by atoms with E-state index in [0.717, 1.165) is 44.0 Å². The maximum atomic E-state index is 12.5. The van der Waals surface area contributed by atoms with Crippen LogP contribution in [0.1, 0.15) is 22.8 Å². The number of aryl methyl sites for hydroxylation is 1. The minimum atomic E-state index is -0.198. The van der Waals surface area contributed by atoms with Gasteiger partial charge in [0, 0.05) is 43.1 Å². The van der Waals surface area contributed by atoms with Crippen molar-refractivity contribution < 1.29 is 4.79 Å². The van der Waals surface area contributed by atoms with Crippen molar-refractivity contribution in [2.24, 2.45) is 0 Å². The highest BCUT2D eigenvalue weighted by atomic mass is 35.5. The first-order valence-electron chi connectivity index (χ1n) is 8.82. The average Bonchev–Trinajstić information content (AvgIpc) is 2.65. The van der Waals surface area contributed by atoms with Crippen molar-refractivity contribution in [1.29, 1.82) is 0 Å². The first-order valence-corrected chi connectivity index (χ1v) is 9.58. The van der Waals surface area contributed by atoms with E-state index in [0.29, 0.717) is 15.6 Å². The van der Waals surface area contributed by atoms with Crippen molar-refractivity contribution in [1.82, 2.24) is 4.90 Å². The van der Waals surface area contributed by atoms with Gasteiger partial charge in [0.15, 0.2) is 0 Å². The largest absolute Gasteiger partial charge is 0.369 e. The summed E-state index contributed by atoms with van der Waals surface area (Å²) in [5.74, 6) is -0.198. The highest BCUT2D eigenvalue weighted by molar-refractivity contribution is 6.42. The van der Waals surface area contributed by atoms with Crippen LogP contribution in [0.25, 0.3) is 0 Å². The molecule has 0 aliphatic carbocycles. The number of carbonyl (C=O) groups excluding carboxylic acids is 1. The van der Waals surface area contributed by atoms with Crippen molar-refractivity contribution in [3.8, 4) is 0 Å². The van der Waals surface area contributed by atoms with Crippen LogP contribution in [0.15, 0.2) is 36.4 Å². The molecule has 2 aromatic carbocycles. The lowest BCUT2D eigenvalue weighted by Gasteiger charge is -2.35. The zero-order valence-corrected chi connectivity index (χ0v) is 16.6. The maximum absolute atomic E-state index is 12.5. The van der Waals surface area contributed by atoms with E-state index < -0.39 is 0 Å². The van der Waals surface area contributed by atoms with Crippen molar-refractivity contribution in [2.45, 2.75) is 13.8 Å². The van der Waals surface area contributed by atoms with Crippen molar-refractivity contribution >= 4 is 40.5 Å². The number of nitrogens with zero attached hydrogens (tertiary/aromatic N) is 2. The number of carbonyl (C=O) groups is 1. The zero-order chi connectivity index (χ0) is 18.7. The summed E-state index contributed by atoms with van der Waals surface area (Å²) in [7, 11) is 0. The first-order chi connectivity index (χ1) is 12.5. The molecule has 2 aromatic rings. The number of hydrogen-bond donors (Lipinski definition) is 1. The highest BCUT2D eigenvalue weighted by Gasteiger charge is 2.17. The monoisotopic (exact) mass is 391 g/mol. The summed E-state index contributed by atoms with van der Waals surface area (Å²) < 4.78 is 0. The Bertz CT molecular complexity index is 802. The molecule has 4 nitrogen and oxygen atoms in total. The molecule has 1 aliphatic rings. The van der Waals surface area contributed by atoms with Gasteiger partial charge >= 0.3 is 0 Å². The fourth-order valence-electron chi connectivity index (χ4n) is 3.14. The SMILES string of the molecule is CCN1CCN(c2ccc(NC(=O)c3ccc(Cl)c(Cl)c3)c(C)c2)CC1. The third kappa shape index (κ3) is 4.32. The lowest BCUT2D eigenvalue weighted by atomic mass is 10.1. The van der Waals surface area contributed by atoms with Crippen molar-refractivity contribution in [3.63, 3.8) is 0 Å². The van der Waals surface area contributed by atoms with E-state index in [1.165, 1.54) is 5.69 Å². The van der Waals surface area contributed by atoms with E-state index in [4.69, 9.17) is 23.2 Å². The van der Waals surface area contributed by atoms with Crippen LogP contribution < -0.4 is 10.2 Å². The van der Waals surface area contributed by atoms with Crippen LogP contribution in [-0.2, 0) is 0 Å². The number of likely N-dealkylation sites (N-methyl/N-ethyl adjacent to an activating group) is 1. The van der Waals surface area contributed by atoms with E-state index in [1.807, 2.05) is 13.0 Å². The number of hydrogen-bond acceptors (Lipinski definition) is 3. The van der Waals surface area contributed by atoms with E-state index >= 15 is 0 Å². The molecule has 1 aliphatic heterocycles. The molecule has 3 rings (SSSR count). The maximum Gasteiger partial charge on any atom is 0.255 e. The highest BCUT2D eigenvalue weighted by Crippen LogP contribution is 2.26. The predicted octanol–water partition coefficient (Wildman–Crippen LogP) is 4.70. The number of anilines is 2. The Balaban J connectivity index is 1.69. The van der Waals surface area contributed by atoms with Gasteiger partial charge in [-0.3, -0.25) is 4.79 Å². The van der Waals surface area contributed by atoms with Crippen LogP contribution in [0, 0.1) is 6.92 Å². The summed E-state index contributed by atoms with van der Waals surface area (Å²) in [5, 5.41) is 3.76. The number of benzene rings is 2. The number of rotatable bonds is 4.